The van der Waals surface area contributed by atoms with Gasteiger partial charge in [-0.2, -0.15) is 5.26 Å². The maximum Gasteiger partial charge on any atom is 0.140 e. The van der Waals surface area contributed by atoms with E-state index in [0.29, 0.717) is 5.92 Å². The molecule has 1 aromatic rings. The van der Waals surface area contributed by atoms with E-state index in [1.165, 1.54) is 50.5 Å². The van der Waals surface area contributed by atoms with Crippen LogP contribution in [0.1, 0.15) is 62.0 Å². The molecule has 0 amide bonds. The van der Waals surface area contributed by atoms with Gasteiger partial charge in [-0.25, -0.2) is 0 Å². The fourth-order valence-electron chi connectivity index (χ4n) is 6.01. The summed E-state index contributed by atoms with van der Waals surface area (Å²) in [6, 6.07) is 8.45. The van der Waals surface area contributed by atoms with Crippen molar-refractivity contribution in [2.75, 3.05) is 6.61 Å². The van der Waals surface area contributed by atoms with Crippen LogP contribution in [0.2, 0.25) is 0 Å². The highest BCUT2D eigenvalue weighted by Crippen LogP contribution is 2.56. The molecule has 0 radical (unpaired) electrons. The van der Waals surface area contributed by atoms with Crippen LogP contribution in [0.25, 0.3) is 0 Å². The number of hydrogen-bond acceptors (Lipinski definition) is 2. The predicted molar refractivity (Wildman–Crippen MR) is 89.2 cm³/mol. The molecule has 0 unspecified atom stereocenters. The minimum absolute atomic E-state index is 0.636. The van der Waals surface area contributed by atoms with Crippen LogP contribution in [0.5, 0.6) is 5.75 Å². The van der Waals surface area contributed by atoms with E-state index in [1.807, 2.05) is 12.1 Å². The Balaban J connectivity index is 1.36. The van der Waals surface area contributed by atoms with Crippen molar-refractivity contribution >= 4 is 0 Å². The number of nitrogens with zero attached hydrogens (tertiary/aromatic N) is 1. The fourth-order valence-corrected chi connectivity index (χ4v) is 6.01. The summed E-state index contributed by atoms with van der Waals surface area (Å²) in [4.78, 5) is 0. The lowest BCUT2D eigenvalue weighted by Gasteiger charge is -2.54. The van der Waals surface area contributed by atoms with Gasteiger partial charge in [0.05, 0.1) is 12.2 Å². The number of ether oxygens (including phenoxy) is 1. The topological polar surface area (TPSA) is 33.0 Å². The maximum absolute atomic E-state index is 9.45. The molecule has 0 spiro atoms. The van der Waals surface area contributed by atoms with Crippen LogP contribution in [0.3, 0.4) is 0 Å². The number of nitriles is 1. The lowest BCUT2D eigenvalue weighted by molar-refractivity contribution is -0.0530. The number of hydrogen-bond donors (Lipinski definition) is 0. The average molecular weight is 307 g/mol. The zero-order chi connectivity index (χ0) is 15.4. The van der Waals surface area contributed by atoms with Crippen molar-refractivity contribution in [3.63, 3.8) is 0 Å². The Kier molecular flexibility index (Phi) is 3.18. The van der Waals surface area contributed by atoms with Gasteiger partial charge in [0.15, 0.2) is 0 Å². The Hall–Kier alpha value is -1.49. The molecule has 0 aromatic heterocycles. The summed E-state index contributed by atoms with van der Waals surface area (Å²) in [6.45, 7) is 0.840. The molecule has 6 rings (SSSR count). The van der Waals surface area contributed by atoms with E-state index in [4.69, 9.17) is 4.74 Å². The van der Waals surface area contributed by atoms with Crippen molar-refractivity contribution in [2.45, 2.75) is 50.9 Å². The monoisotopic (exact) mass is 307 g/mol. The first kappa shape index (κ1) is 13.9. The third-order valence-corrected chi connectivity index (χ3v) is 7.03. The lowest BCUT2D eigenvalue weighted by Crippen LogP contribution is -2.47. The van der Waals surface area contributed by atoms with E-state index in [0.717, 1.165) is 47.5 Å². The van der Waals surface area contributed by atoms with Crippen LogP contribution in [-0.4, -0.2) is 6.61 Å². The molecule has 4 bridgehead atoms. The van der Waals surface area contributed by atoms with Gasteiger partial charge in [0.1, 0.15) is 11.8 Å². The molecule has 0 atom stereocenters. The fraction of sp³-hybridized carbons (Fsp3) is 0.667. The molecule has 0 N–H and O–H groups in total. The molecule has 5 fully saturated rings. The van der Waals surface area contributed by atoms with Crippen LogP contribution in [0, 0.1) is 40.9 Å². The van der Waals surface area contributed by atoms with Crippen molar-refractivity contribution in [1.29, 1.82) is 5.26 Å². The van der Waals surface area contributed by atoms with E-state index >= 15 is 0 Å². The molecule has 23 heavy (non-hydrogen) atoms. The van der Waals surface area contributed by atoms with Gasteiger partial charge in [-0.05, 0) is 92.1 Å². The molecule has 5 aliphatic carbocycles. The van der Waals surface area contributed by atoms with Crippen molar-refractivity contribution < 1.29 is 4.74 Å². The number of rotatable bonds is 4. The summed E-state index contributed by atoms with van der Waals surface area (Å²) in [7, 11) is 0. The first-order valence-electron chi connectivity index (χ1n) is 9.47. The smallest absolute Gasteiger partial charge is 0.140 e. The first-order valence-corrected chi connectivity index (χ1v) is 9.47. The number of para-hydroxylation sites is 1. The Labute approximate surface area is 138 Å². The Morgan fingerprint density at radius 2 is 1.70 bits per heavy atom. The standard InChI is InChI=1S/C21H25NO/c22-11-16-2-1-3-19(15-4-5-15)21(16)23-12-20-17-7-13-6-14(9-17)10-18(20)8-13/h1-3,13-15,17-18,20H,4-10,12H2. The quantitative estimate of drug-likeness (QED) is 0.793. The third kappa shape index (κ3) is 2.36. The normalized spacial score (nSPS) is 37.6. The maximum atomic E-state index is 9.45. The van der Waals surface area contributed by atoms with Gasteiger partial charge >= 0.3 is 0 Å². The Morgan fingerprint density at radius 1 is 1.00 bits per heavy atom. The lowest BCUT2D eigenvalue weighted by atomic mass is 9.52. The minimum atomic E-state index is 0.636. The average Bonchev–Trinajstić information content (AvgIpc) is 3.38. The van der Waals surface area contributed by atoms with Crippen LogP contribution in [0.15, 0.2) is 18.2 Å². The highest BCUT2D eigenvalue weighted by atomic mass is 16.5. The molecule has 1 aromatic carbocycles. The van der Waals surface area contributed by atoms with Crippen LogP contribution < -0.4 is 4.74 Å². The molecule has 5 saturated carbocycles. The summed E-state index contributed by atoms with van der Waals surface area (Å²) in [5.41, 5.74) is 2.02. The van der Waals surface area contributed by atoms with Crippen LogP contribution in [-0.2, 0) is 0 Å². The van der Waals surface area contributed by atoms with Gasteiger partial charge in [-0.1, -0.05) is 12.1 Å². The van der Waals surface area contributed by atoms with E-state index in [1.54, 1.807) is 0 Å². The summed E-state index contributed by atoms with van der Waals surface area (Å²) in [5.74, 6) is 6.10. The Morgan fingerprint density at radius 3 is 2.30 bits per heavy atom. The molecule has 5 aliphatic rings. The van der Waals surface area contributed by atoms with Gasteiger partial charge in [0.25, 0.3) is 0 Å². The summed E-state index contributed by atoms with van der Waals surface area (Å²) in [6.07, 6.45) is 9.77. The highest BCUT2D eigenvalue weighted by molar-refractivity contribution is 5.51. The summed E-state index contributed by atoms with van der Waals surface area (Å²) in [5, 5.41) is 9.45. The Bertz CT molecular complexity index is 626. The molecule has 0 aliphatic heterocycles. The van der Waals surface area contributed by atoms with Crippen molar-refractivity contribution in [3.05, 3.63) is 29.3 Å². The third-order valence-electron chi connectivity index (χ3n) is 7.03. The van der Waals surface area contributed by atoms with Crippen molar-refractivity contribution in [2.24, 2.45) is 29.6 Å². The van der Waals surface area contributed by atoms with E-state index in [9.17, 15) is 5.26 Å². The van der Waals surface area contributed by atoms with Crippen LogP contribution in [0.4, 0.5) is 0 Å². The van der Waals surface area contributed by atoms with Gasteiger partial charge in [-0.3, -0.25) is 0 Å². The largest absolute Gasteiger partial charge is 0.492 e. The van der Waals surface area contributed by atoms with Crippen LogP contribution >= 0.6 is 0 Å². The van der Waals surface area contributed by atoms with E-state index < -0.39 is 0 Å². The zero-order valence-corrected chi connectivity index (χ0v) is 13.7. The molecule has 0 saturated heterocycles. The summed E-state index contributed by atoms with van der Waals surface area (Å²) >= 11 is 0. The second kappa shape index (κ2) is 5.26. The SMILES string of the molecule is N#Cc1cccc(C2CC2)c1OCC1C2CC3CC(C2)CC1C3. The number of benzene rings is 1. The second-order valence-electron chi connectivity index (χ2n) is 8.52. The van der Waals surface area contributed by atoms with E-state index in [2.05, 4.69) is 12.1 Å². The first-order chi connectivity index (χ1) is 11.3. The van der Waals surface area contributed by atoms with Gasteiger partial charge in [-0.15, -0.1) is 0 Å². The van der Waals surface area contributed by atoms with Gasteiger partial charge in [0, 0.05) is 0 Å². The second-order valence-corrected chi connectivity index (χ2v) is 8.52. The minimum Gasteiger partial charge on any atom is -0.492 e. The predicted octanol–water partition coefficient (Wildman–Crippen LogP) is 4.89. The van der Waals surface area contributed by atoms with Crippen molar-refractivity contribution in [3.8, 4) is 11.8 Å². The zero-order valence-electron chi connectivity index (χ0n) is 13.7. The van der Waals surface area contributed by atoms with Crippen molar-refractivity contribution in [1.82, 2.24) is 0 Å². The van der Waals surface area contributed by atoms with E-state index in [-0.39, 0.29) is 0 Å². The molecule has 120 valence electrons. The molecule has 0 heterocycles. The van der Waals surface area contributed by atoms with Gasteiger partial charge < -0.3 is 4.74 Å². The summed E-state index contributed by atoms with van der Waals surface area (Å²) < 4.78 is 6.36. The molecular formula is C21H25NO. The molecule has 2 nitrogen and oxygen atoms in total. The molecule has 2 heteroatoms. The highest BCUT2D eigenvalue weighted by Gasteiger charge is 2.48. The molecular weight excluding hydrogens is 282 g/mol. The van der Waals surface area contributed by atoms with Gasteiger partial charge in [0.2, 0.25) is 0 Å².